The molecule has 2 aromatic rings. The summed E-state index contributed by atoms with van der Waals surface area (Å²) in [6.45, 7) is 5.72. The van der Waals surface area contributed by atoms with Gasteiger partial charge in [-0.15, -0.1) is 0 Å². The fraction of sp³-hybridized carbons (Fsp3) is 0.333. The lowest BCUT2D eigenvalue weighted by Crippen LogP contribution is -2.26. The zero-order valence-corrected chi connectivity index (χ0v) is 11.4. The van der Waals surface area contributed by atoms with Crippen molar-refractivity contribution in [1.29, 1.82) is 0 Å². The van der Waals surface area contributed by atoms with Crippen LogP contribution in [-0.2, 0) is 6.54 Å². The third-order valence-corrected chi connectivity index (χ3v) is 3.43. The van der Waals surface area contributed by atoms with Gasteiger partial charge in [0.1, 0.15) is 0 Å². The molecule has 0 bridgehead atoms. The molecule has 1 heterocycles. The van der Waals surface area contributed by atoms with Crippen molar-refractivity contribution < 1.29 is 5.11 Å². The minimum absolute atomic E-state index is 0.0971. The molecule has 0 aliphatic carbocycles. The standard InChI is InChI=1S/C15H18N2O2/c1-10-6-4-5-7-13(10)14(18)8-17-9-16-12(3)11(2)15(17)19/h4-7,9,14,18H,8H2,1-3H3/t14-/m1/s1. The molecule has 0 radical (unpaired) electrons. The van der Waals surface area contributed by atoms with Gasteiger partial charge >= 0.3 is 0 Å². The Balaban J connectivity index is 2.30. The monoisotopic (exact) mass is 258 g/mol. The number of nitrogens with zero attached hydrogens (tertiary/aromatic N) is 2. The molecule has 2 rings (SSSR count). The van der Waals surface area contributed by atoms with Crippen molar-refractivity contribution in [1.82, 2.24) is 9.55 Å². The molecule has 0 aliphatic heterocycles. The van der Waals surface area contributed by atoms with Crippen molar-refractivity contribution in [2.75, 3.05) is 0 Å². The highest BCUT2D eigenvalue weighted by atomic mass is 16.3. The number of aliphatic hydroxyl groups excluding tert-OH is 1. The van der Waals surface area contributed by atoms with Gasteiger partial charge in [0, 0.05) is 11.3 Å². The lowest BCUT2D eigenvalue weighted by molar-refractivity contribution is 0.154. The molecule has 4 heteroatoms. The molecule has 1 aromatic carbocycles. The van der Waals surface area contributed by atoms with Crippen LogP contribution in [0.4, 0.5) is 0 Å². The molecule has 1 aromatic heterocycles. The number of aromatic nitrogens is 2. The van der Waals surface area contributed by atoms with Crippen LogP contribution in [0.5, 0.6) is 0 Å². The maximum atomic E-state index is 12.1. The Bertz CT molecular complexity index is 647. The van der Waals surface area contributed by atoms with E-state index in [-0.39, 0.29) is 12.1 Å². The van der Waals surface area contributed by atoms with E-state index in [9.17, 15) is 9.90 Å². The van der Waals surface area contributed by atoms with Gasteiger partial charge in [-0.25, -0.2) is 4.98 Å². The van der Waals surface area contributed by atoms with Gasteiger partial charge in [0.2, 0.25) is 0 Å². The van der Waals surface area contributed by atoms with Gasteiger partial charge in [0.05, 0.1) is 19.0 Å². The fourth-order valence-electron chi connectivity index (χ4n) is 2.05. The number of hydrogen-bond acceptors (Lipinski definition) is 3. The Kier molecular flexibility index (Phi) is 3.81. The molecular formula is C15H18N2O2. The van der Waals surface area contributed by atoms with E-state index in [1.54, 1.807) is 13.8 Å². The van der Waals surface area contributed by atoms with Crippen LogP contribution >= 0.6 is 0 Å². The second-order valence-electron chi connectivity index (χ2n) is 4.78. The Morgan fingerprint density at radius 2 is 1.95 bits per heavy atom. The summed E-state index contributed by atoms with van der Waals surface area (Å²) in [4.78, 5) is 16.2. The number of hydrogen-bond donors (Lipinski definition) is 1. The fourth-order valence-corrected chi connectivity index (χ4v) is 2.05. The molecule has 0 aliphatic rings. The van der Waals surface area contributed by atoms with Gasteiger partial charge in [-0.2, -0.15) is 0 Å². The van der Waals surface area contributed by atoms with Crippen molar-refractivity contribution in [2.24, 2.45) is 0 Å². The molecule has 0 fully saturated rings. The summed E-state index contributed by atoms with van der Waals surface area (Å²) in [5.74, 6) is 0. The first kappa shape index (κ1) is 13.5. The van der Waals surface area contributed by atoms with Crippen LogP contribution in [0.2, 0.25) is 0 Å². The average Bonchev–Trinajstić information content (AvgIpc) is 2.40. The van der Waals surface area contributed by atoms with Crippen LogP contribution < -0.4 is 5.56 Å². The van der Waals surface area contributed by atoms with Crippen LogP contribution in [0.25, 0.3) is 0 Å². The lowest BCUT2D eigenvalue weighted by atomic mass is 10.0. The quantitative estimate of drug-likeness (QED) is 0.914. The molecule has 0 spiro atoms. The van der Waals surface area contributed by atoms with Crippen molar-refractivity contribution in [3.05, 3.63) is 63.3 Å². The van der Waals surface area contributed by atoms with Crippen LogP contribution in [-0.4, -0.2) is 14.7 Å². The number of benzene rings is 1. The number of aryl methyl sites for hydroxylation is 2. The maximum absolute atomic E-state index is 12.1. The smallest absolute Gasteiger partial charge is 0.256 e. The molecule has 100 valence electrons. The summed E-state index contributed by atoms with van der Waals surface area (Å²) in [7, 11) is 0. The summed E-state index contributed by atoms with van der Waals surface area (Å²) in [6, 6.07) is 7.63. The van der Waals surface area contributed by atoms with Crippen LogP contribution in [0.1, 0.15) is 28.5 Å². The zero-order chi connectivity index (χ0) is 14.0. The van der Waals surface area contributed by atoms with E-state index in [1.807, 2.05) is 31.2 Å². The van der Waals surface area contributed by atoms with Gasteiger partial charge in [-0.1, -0.05) is 24.3 Å². The third-order valence-electron chi connectivity index (χ3n) is 3.43. The summed E-state index contributed by atoms with van der Waals surface area (Å²) in [5, 5.41) is 10.3. The van der Waals surface area contributed by atoms with Gasteiger partial charge in [-0.05, 0) is 31.9 Å². The molecule has 0 saturated heterocycles. The third kappa shape index (κ3) is 2.74. The molecule has 0 amide bonds. The van der Waals surface area contributed by atoms with Crippen molar-refractivity contribution in [3.8, 4) is 0 Å². The minimum Gasteiger partial charge on any atom is -0.387 e. The number of rotatable bonds is 3. The van der Waals surface area contributed by atoms with E-state index in [2.05, 4.69) is 4.98 Å². The van der Waals surface area contributed by atoms with Crippen LogP contribution in [0.15, 0.2) is 35.4 Å². The second-order valence-corrected chi connectivity index (χ2v) is 4.78. The molecule has 1 N–H and O–H groups in total. The highest BCUT2D eigenvalue weighted by Crippen LogP contribution is 2.18. The molecule has 0 saturated carbocycles. The topological polar surface area (TPSA) is 55.1 Å². The first-order chi connectivity index (χ1) is 9.00. The maximum Gasteiger partial charge on any atom is 0.256 e. The van der Waals surface area contributed by atoms with E-state index >= 15 is 0 Å². The largest absolute Gasteiger partial charge is 0.387 e. The average molecular weight is 258 g/mol. The first-order valence-corrected chi connectivity index (χ1v) is 6.27. The van der Waals surface area contributed by atoms with Crippen molar-refractivity contribution >= 4 is 0 Å². The van der Waals surface area contributed by atoms with Gasteiger partial charge in [-0.3, -0.25) is 9.36 Å². The highest BCUT2D eigenvalue weighted by Gasteiger charge is 2.12. The van der Waals surface area contributed by atoms with E-state index in [1.165, 1.54) is 10.9 Å². The van der Waals surface area contributed by atoms with Crippen molar-refractivity contribution in [2.45, 2.75) is 33.4 Å². The highest BCUT2D eigenvalue weighted by molar-refractivity contribution is 5.27. The SMILES string of the molecule is Cc1ccccc1[C@H](O)Cn1cnc(C)c(C)c1=O. The van der Waals surface area contributed by atoms with Gasteiger partial charge in [0.15, 0.2) is 0 Å². The lowest BCUT2D eigenvalue weighted by Gasteiger charge is -2.15. The van der Waals surface area contributed by atoms with E-state index in [0.29, 0.717) is 5.56 Å². The van der Waals surface area contributed by atoms with Crippen LogP contribution in [0, 0.1) is 20.8 Å². The predicted molar refractivity (Wildman–Crippen MR) is 74.1 cm³/mol. The first-order valence-electron chi connectivity index (χ1n) is 6.27. The number of aliphatic hydroxyl groups is 1. The molecule has 1 atom stereocenters. The van der Waals surface area contributed by atoms with Crippen molar-refractivity contribution in [3.63, 3.8) is 0 Å². The van der Waals surface area contributed by atoms with E-state index in [0.717, 1.165) is 16.8 Å². The second kappa shape index (κ2) is 5.36. The summed E-state index contributed by atoms with van der Waals surface area (Å²) in [5.41, 5.74) is 3.11. The summed E-state index contributed by atoms with van der Waals surface area (Å²) >= 11 is 0. The molecule has 19 heavy (non-hydrogen) atoms. The molecular weight excluding hydrogens is 240 g/mol. The Morgan fingerprint density at radius 3 is 2.63 bits per heavy atom. The Morgan fingerprint density at radius 1 is 1.26 bits per heavy atom. The minimum atomic E-state index is -0.706. The van der Waals surface area contributed by atoms with E-state index in [4.69, 9.17) is 0 Å². The van der Waals surface area contributed by atoms with Gasteiger partial charge in [0.25, 0.3) is 5.56 Å². The Labute approximate surface area is 112 Å². The normalized spacial score (nSPS) is 12.4. The van der Waals surface area contributed by atoms with Crippen LogP contribution in [0.3, 0.4) is 0 Å². The molecule has 0 unspecified atom stereocenters. The Hall–Kier alpha value is -1.94. The summed E-state index contributed by atoms with van der Waals surface area (Å²) in [6.07, 6.45) is 0.786. The van der Waals surface area contributed by atoms with Gasteiger partial charge < -0.3 is 5.11 Å². The molecule has 4 nitrogen and oxygen atoms in total. The zero-order valence-electron chi connectivity index (χ0n) is 11.4. The predicted octanol–water partition coefficient (Wildman–Crippen LogP) is 1.90. The van der Waals surface area contributed by atoms with E-state index < -0.39 is 6.10 Å². The summed E-state index contributed by atoms with van der Waals surface area (Å²) < 4.78 is 1.46.